The van der Waals surface area contributed by atoms with E-state index < -0.39 is 6.10 Å². The number of rotatable bonds is 4. The number of hydrogen-bond donors (Lipinski definition) is 2. The monoisotopic (exact) mass is 357 g/mol. The van der Waals surface area contributed by atoms with E-state index in [1.165, 1.54) is 6.07 Å². The van der Waals surface area contributed by atoms with E-state index in [1.807, 2.05) is 0 Å². The van der Waals surface area contributed by atoms with E-state index in [0.717, 1.165) is 25.7 Å². The highest BCUT2D eigenvalue weighted by Gasteiger charge is 2.42. The summed E-state index contributed by atoms with van der Waals surface area (Å²) in [7, 11) is 0. The lowest BCUT2D eigenvalue weighted by atomic mass is 9.64. The summed E-state index contributed by atoms with van der Waals surface area (Å²) in [6.45, 7) is 4.88. The third kappa shape index (κ3) is 3.49. The molecule has 1 atom stereocenters. The van der Waals surface area contributed by atoms with Crippen LogP contribution in [0.25, 0.3) is 0 Å². The maximum absolute atomic E-state index is 14.1. The predicted octanol–water partition coefficient (Wildman–Crippen LogP) is 4.41. The van der Waals surface area contributed by atoms with E-state index in [1.54, 1.807) is 12.1 Å². The third-order valence-corrected chi connectivity index (χ3v) is 5.71. The fourth-order valence-electron chi connectivity index (χ4n) is 3.52. The molecule has 2 nitrogen and oxygen atoms in total. The molecule has 4 heteroatoms. The molecular formula is C17H25BrFNO. The smallest absolute Gasteiger partial charge is 0.130 e. The minimum Gasteiger partial charge on any atom is -0.388 e. The summed E-state index contributed by atoms with van der Waals surface area (Å²) in [5.41, 5.74) is 5.96. The Labute approximate surface area is 135 Å². The lowest BCUT2D eigenvalue weighted by molar-refractivity contribution is -0.0167. The largest absolute Gasteiger partial charge is 0.388 e. The van der Waals surface area contributed by atoms with Crippen LogP contribution in [0.2, 0.25) is 0 Å². The van der Waals surface area contributed by atoms with Gasteiger partial charge in [-0.1, -0.05) is 35.8 Å². The van der Waals surface area contributed by atoms with Crippen molar-refractivity contribution in [3.63, 3.8) is 0 Å². The van der Waals surface area contributed by atoms with Crippen molar-refractivity contribution in [2.75, 3.05) is 6.54 Å². The van der Waals surface area contributed by atoms with Crippen LogP contribution in [-0.4, -0.2) is 11.7 Å². The molecule has 0 spiro atoms. The highest BCUT2D eigenvalue weighted by Crippen LogP contribution is 2.48. The molecule has 0 amide bonds. The Hall–Kier alpha value is -0.450. The van der Waals surface area contributed by atoms with Gasteiger partial charge in [-0.15, -0.1) is 0 Å². The molecule has 1 unspecified atom stereocenters. The summed E-state index contributed by atoms with van der Waals surface area (Å²) in [6.07, 6.45) is 3.02. The number of nitrogens with two attached hydrogens (primary N) is 1. The van der Waals surface area contributed by atoms with E-state index in [4.69, 9.17) is 5.73 Å². The topological polar surface area (TPSA) is 46.2 Å². The standard InChI is InChI=1S/C17H25BrFNO/c1-11(2)12-5-7-17(10-20,8-6-12)16(21)14-4-3-13(18)9-15(14)19/h3-4,9,11-12,16,21H,5-8,10,20H2,1-2H3. The number of aliphatic hydroxyl groups is 1. The van der Waals surface area contributed by atoms with Crippen LogP contribution < -0.4 is 5.73 Å². The van der Waals surface area contributed by atoms with Crippen LogP contribution in [-0.2, 0) is 0 Å². The van der Waals surface area contributed by atoms with Crippen LogP contribution in [0.15, 0.2) is 22.7 Å². The molecule has 1 fully saturated rings. The number of aliphatic hydroxyl groups excluding tert-OH is 1. The van der Waals surface area contributed by atoms with Gasteiger partial charge in [0.15, 0.2) is 0 Å². The second kappa shape index (κ2) is 6.76. The lowest BCUT2D eigenvalue weighted by Crippen LogP contribution is -2.41. The number of halogens is 2. The van der Waals surface area contributed by atoms with Crippen molar-refractivity contribution in [2.24, 2.45) is 23.0 Å². The first kappa shape index (κ1) is 16.9. The molecule has 0 aromatic heterocycles. The Morgan fingerprint density at radius 3 is 2.48 bits per heavy atom. The van der Waals surface area contributed by atoms with Crippen LogP contribution in [0, 0.1) is 23.1 Å². The van der Waals surface area contributed by atoms with Gasteiger partial charge in [-0.2, -0.15) is 0 Å². The van der Waals surface area contributed by atoms with Crippen molar-refractivity contribution in [1.29, 1.82) is 0 Å². The first-order chi connectivity index (χ1) is 9.89. The average Bonchev–Trinajstić information content (AvgIpc) is 2.46. The molecule has 1 aliphatic carbocycles. The van der Waals surface area contributed by atoms with Crippen molar-refractivity contribution in [3.8, 4) is 0 Å². The maximum atomic E-state index is 14.1. The second-order valence-corrected chi connectivity index (χ2v) is 7.63. The van der Waals surface area contributed by atoms with E-state index >= 15 is 0 Å². The Morgan fingerprint density at radius 2 is 2.00 bits per heavy atom. The highest BCUT2D eigenvalue weighted by atomic mass is 79.9. The minimum atomic E-state index is -0.830. The summed E-state index contributed by atoms with van der Waals surface area (Å²) in [5.74, 6) is 0.977. The second-order valence-electron chi connectivity index (χ2n) is 6.72. The molecule has 1 saturated carbocycles. The first-order valence-corrected chi connectivity index (χ1v) is 8.52. The van der Waals surface area contributed by atoms with Crippen LogP contribution in [0.1, 0.15) is 51.2 Å². The quantitative estimate of drug-likeness (QED) is 0.837. The lowest BCUT2D eigenvalue weighted by Gasteiger charge is -2.44. The van der Waals surface area contributed by atoms with Crippen molar-refractivity contribution >= 4 is 15.9 Å². The Bertz CT molecular complexity index is 484. The van der Waals surface area contributed by atoms with Gasteiger partial charge in [0.25, 0.3) is 0 Å². The van der Waals surface area contributed by atoms with Gasteiger partial charge in [-0.3, -0.25) is 0 Å². The van der Waals surface area contributed by atoms with Crippen molar-refractivity contribution in [3.05, 3.63) is 34.1 Å². The molecule has 1 aromatic carbocycles. The van der Waals surface area contributed by atoms with E-state index in [-0.39, 0.29) is 11.2 Å². The van der Waals surface area contributed by atoms with E-state index in [2.05, 4.69) is 29.8 Å². The SMILES string of the molecule is CC(C)C1CCC(CN)(C(O)c2ccc(Br)cc2F)CC1. The maximum Gasteiger partial charge on any atom is 0.130 e. The highest BCUT2D eigenvalue weighted by molar-refractivity contribution is 9.10. The van der Waals surface area contributed by atoms with E-state index in [9.17, 15) is 9.50 Å². The van der Waals surface area contributed by atoms with Crippen LogP contribution in [0.5, 0.6) is 0 Å². The van der Waals surface area contributed by atoms with Gasteiger partial charge in [0, 0.05) is 22.0 Å². The summed E-state index contributed by atoms with van der Waals surface area (Å²) in [5, 5.41) is 10.8. The molecule has 0 aliphatic heterocycles. The molecule has 0 saturated heterocycles. The first-order valence-electron chi connectivity index (χ1n) is 7.72. The van der Waals surface area contributed by atoms with Gasteiger partial charge >= 0.3 is 0 Å². The molecule has 2 rings (SSSR count). The van der Waals surface area contributed by atoms with Gasteiger partial charge < -0.3 is 10.8 Å². The van der Waals surface area contributed by atoms with Gasteiger partial charge in [-0.25, -0.2) is 4.39 Å². The van der Waals surface area contributed by atoms with Gasteiger partial charge in [0.05, 0.1) is 6.10 Å². The van der Waals surface area contributed by atoms with Gasteiger partial charge in [0.2, 0.25) is 0 Å². The summed E-state index contributed by atoms with van der Waals surface area (Å²) >= 11 is 3.25. The zero-order chi connectivity index (χ0) is 15.6. The fraction of sp³-hybridized carbons (Fsp3) is 0.647. The molecule has 1 aliphatic rings. The minimum absolute atomic E-state index is 0.365. The normalized spacial score (nSPS) is 27.9. The van der Waals surface area contributed by atoms with Crippen molar-refractivity contribution < 1.29 is 9.50 Å². The molecule has 0 radical (unpaired) electrons. The molecule has 3 N–H and O–H groups in total. The third-order valence-electron chi connectivity index (χ3n) is 5.21. The fourth-order valence-corrected chi connectivity index (χ4v) is 3.86. The molecule has 21 heavy (non-hydrogen) atoms. The van der Waals surface area contributed by atoms with Crippen molar-refractivity contribution in [2.45, 2.75) is 45.6 Å². The number of benzene rings is 1. The zero-order valence-corrected chi connectivity index (χ0v) is 14.4. The van der Waals surface area contributed by atoms with Crippen molar-refractivity contribution in [1.82, 2.24) is 0 Å². The summed E-state index contributed by atoms with van der Waals surface area (Å²) in [6, 6.07) is 4.84. The van der Waals surface area contributed by atoms with E-state index in [0.29, 0.717) is 28.4 Å². The Balaban J connectivity index is 2.21. The van der Waals surface area contributed by atoms with Gasteiger partial charge in [-0.05, 0) is 49.7 Å². The summed E-state index contributed by atoms with van der Waals surface area (Å²) < 4.78 is 14.8. The van der Waals surface area contributed by atoms with Crippen LogP contribution in [0.3, 0.4) is 0 Å². The average molecular weight is 358 g/mol. The molecular weight excluding hydrogens is 333 g/mol. The molecule has 0 bridgehead atoms. The predicted molar refractivity (Wildman–Crippen MR) is 87.3 cm³/mol. The van der Waals surface area contributed by atoms with Crippen LogP contribution in [0.4, 0.5) is 4.39 Å². The van der Waals surface area contributed by atoms with Gasteiger partial charge in [0.1, 0.15) is 5.82 Å². The molecule has 118 valence electrons. The van der Waals surface area contributed by atoms with Crippen LogP contribution >= 0.6 is 15.9 Å². The summed E-state index contributed by atoms with van der Waals surface area (Å²) in [4.78, 5) is 0. The zero-order valence-electron chi connectivity index (χ0n) is 12.8. The molecule has 0 heterocycles. The number of hydrogen-bond acceptors (Lipinski definition) is 2. The Kier molecular flexibility index (Phi) is 5.44. The Morgan fingerprint density at radius 1 is 1.38 bits per heavy atom. The molecule has 1 aromatic rings.